The average molecular weight is 516 g/mol. The number of anilines is 1. The lowest BCUT2D eigenvalue weighted by atomic mass is 10.2. The number of carboxylic acid groups (broad SMARTS) is 1. The van der Waals surface area contributed by atoms with E-state index in [1.807, 2.05) is 6.07 Å². The molecule has 0 aliphatic carbocycles. The van der Waals surface area contributed by atoms with Gasteiger partial charge < -0.3 is 19.2 Å². The first-order chi connectivity index (χ1) is 14.3. The summed E-state index contributed by atoms with van der Waals surface area (Å²) in [5, 5.41) is 9.78. The first-order valence-electron chi connectivity index (χ1n) is 8.89. The quantitative estimate of drug-likeness (QED) is 0.514. The molecule has 1 N–H and O–H groups in total. The van der Waals surface area contributed by atoms with E-state index < -0.39 is 16.2 Å². The van der Waals surface area contributed by atoms with Gasteiger partial charge >= 0.3 is 6.16 Å². The maximum atomic E-state index is 12.9. The molecular weight excluding hydrogens is 500 g/mol. The first kappa shape index (κ1) is 21.0. The SMILES string of the molecule is O=C(O)Oc1cc2c(Br)c(N3CCN(S(=O)(=O)c4cccc(Cl)c4)CC3)ccc2o1. The van der Waals surface area contributed by atoms with Crippen LogP contribution in [0.1, 0.15) is 0 Å². The van der Waals surface area contributed by atoms with Gasteiger partial charge in [0.05, 0.1) is 15.1 Å². The second-order valence-corrected chi connectivity index (χ2v) is 9.76. The molecule has 0 saturated carbocycles. The Labute approximate surface area is 185 Å². The molecule has 0 radical (unpaired) electrons. The van der Waals surface area contributed by atoms with Crippen LogP contribution in [-0.2, 0) is 10.0 Å². The number of sulfonamides is 1. The van der Waals surface area contributed by atoms with Crippen LogP contribution in [0.4, 0.5) is 10.5 Å². The molecule has 2 heterocycles. The highest BCUT2D eigenvalue weighted by Gasteiger charge is 2.29. The molecule has 11 heteroatoms. The lowest BCUT2D eigenvalue weighted by Crippen LogP contribution is -2.48. The molecule has 158 valence electrons. The van der Waals surface area contributed by atoms with E-state index in [0.29, 0.717) is 42.2 Å². The minimum absolute atomic E-state index is 0.118. The van der Waals surface area contributed by atoms with Crippen LogP contribution in [0.3, 0.4) is 0 Å². The summed E-state index contributed by atoms with van der Waals surface area (Å²) in [7, 11) is -3.62. The summed E-state index contributed by atoms with van der Waals surface area (Å²) < 4.78 is 37.9. The fraction of sp³-hybridized carbons (Fsp3) is 0.211. The Balaban J connectivity index is 1.53. The predicted molar refractivity (Wildman–Crippen MR) is 115 cm³/mol. The van der Waals surface area contributed by atoms with Gasteiger partial charge in [-0.1, -0.05) is 17.7 Å². The molecule has 0 atom stereocenters. The smallest absolute Gasteiger partial charge is 0.449 e. The van der Waals surface area contributed by atoms with Crippen molar-refractivity contribution in [2.75, 3.05) is 31.1 Å². The highest BCUT2D eigenvalue weighted by atomic mass is 79.9. The number of benzene rings is 2. The van der Waals surface area contributed by atoms with Crippen molar-refractivity contribution in [2.24, 2.45) is 0 Å². The number of hydrogen-bond donors (Lipinski definition) is 1. The number of carbonyl (C=O) groups is 1. The van der Waals surface area contributed by atoms with E-state index in [0.717, 1.165) is 10.2 Å². The van der Waals surface area contributed by atoms with E-state index in [4.69, 9.17) is 21.1 Å². The number of furan rings is 1. The molecule has 0 bridgehead atoms. The van der Waals surface area contributed by atoms with Gasteiger partial charge in [-0.05, 0) is 46.3 Å². The normalized spacial score (nSPS) is 15.5. The molecule has 3 aromatic rings. The van der Waals surface area contributed by atoms with E-state index in [2.05, 4.69) is 25.6 Å². The second kappa shape index (κ2) is 8.10. The summed E-state index contributed by atoms with van der Waals surface area (Å²) in [6.07, 6.45) is -1.46. The van der Waals surface area contributed by atoms with Crippen LogP contribution in [0.25, 0.3) is 11.0 Å². The molecule has 0 unspecified atom stereocenters. The molecular formula is C19H16BrClN2O6S. The van der Waals surface area contributed by atoms with Crippen LogP contribution >= 0.6 is 27.5 Å². The lowest BCUT2D eigenvalue weighted by Gasteiger charge is -2.35. The van der Waals surface area contributed by atoms with Crippen molar-refractivity contribution in [3.05, 3.63) is 52.0 Å². The van der Waals surface area contributed by atoms with Gasteiger partial charge in [0.2, 0.25) is 10.0 Å². The number of hydrogen-bond acceptors (Lipinski definition) is 6. The minimum Gasteiger partial charge on any atom is -0.449 e. The summed E-state index contributed by atoms with van der Waals surface area (Å²) in [6.45, 7) is 1.61. The second-order valence-electron chi connectivity index (χ2n) is 6.59. The Hall–Kier alpha value is -2.27. The van der Waals surface area contributed by atoms with Crippen molar-refractivity contribution < 1.29 is 27.5 Å². The minimum atomic E-state index is -3.62. The maximum absolute atomic E-state index is 12.9. The van der Waals surface area contributed by atoms with Crippen molar-refractivity contribution in [1.82, 2.24) is 4.31 Å². The van der Waals surface area contributed by atoms with Crippen molar-refractivity contribution in [1.29, 1.82) is 0 Å². The Morgan fingerprint density at radius 2 is 1.87 bits per heavy atom. The predicted octanol–water partition coefficient (Wildman–Crippen LogP) is 4.42. The van der Waals surface area contributed by atoms with Gasteiger partial charge in [-0.2, -0.15) is 4.31 Å². The molecule has 8 nitrogen and oxygen atoms in total. The molecule has 1 aliphatic rings. The molecule has 0 spiro atoms. The molecule has 1 aliphatic heterocycles. The number of fused-ring (bicyclic) bond motifs is 1. The van der Waals surface area contributed by atoms with Crippen molar-refractivity contribution in [3.63, 3.8) is 0 Å². The van der Waals surface area contributed by atoms with E-state index in [1.165, 1.54) is 22.5 Å². The topological polar surface area (TPSA) is 100 Å². The summed E-state index contributed by atoms with van der Waals surface area (Å²) in [4.78, 5) is 12.9. The highest BCUT2D eigenvalue weighted by Crippen LogP contribution is 2.38. The van der Waals surface area contributed by atoms with Crippen molar-refractivity contribution in [3.8, 4) is 5.95 Å². The zero-order chi connectivity index (χ0) is 21.5. The van der Waals surface area contributed by atoms with Crippen LogP contribution in [0.5, 0.6) is 5.95 Å². The third-order valence-electron chi connectivity index (χ3n) is 4.79. The van der Waals surface area contributed by atoms with Gasteiger partial charge in [-0.25, -0.2) is 13.2 Å². The molecule has 1 saturated heterocycles. The molecule has 30 heavy (non-hydrogen) atoms. The van der Waals surface area contributed by atoms with E-state index in [-0.39, 0.29) is 10.8 Å². The number of nitrogens with zero attached hydrogens (tertiary/aromatic N) is 2. The maximum Gasteiger partial charge on any atom is 0.513 e. The third-order valence-corrected chi connectivity index (χ3v) is 7.76. The number of piperazine rings is 1. The number of halogens is 2. The van der Waals surface area contributed by atoms with E-state index >= 15 is 0 Å². The lowest BCUT2D eigenvalue weighted by molar-refractivity contribution is 0.134. The molecule has 1 aromatic heterocycles. The standard InChI is InChI=1S/C19H16BrClN2O6S/c20-18-14-11-17(29-19(24)25)28-16(14)5-4-15(18)22-6-8-23(9-7-22)30(26,27)13-3-1-2-12(21)10-13/h1-5,10-11H,6-9H2,(H,24,25). The van der Waals surface area contributed by atoms with Gasteiger partial charge in [0.15, 0.2) is 0 Å². The molecule has 1 fully saturated rings. The van der Waals surface area contributed by atoms with Gasteiger partial charge in [0.25, 0.3) is 5.95 Å². The fourth-order valence-electron chi connectivity index (χ4n) is 3.37. The van der Waals surface area contributed by atoms with Crippen LogP contribution in [0, 0.1) is 0 Å². The van der Waals surface area contributed by atoms with Gasteiger partial charge in [-0.3, -0.25) is 0 Å². The zero-order valence-corrected chi connectivity index (χ0v) is 18.6. The van der Waals surface area contributed by atoms with Crippen LogP contribution in [0.2, 0.25) is 5.02 Å². The Morgan fingerprint density at radius 3 is 2.53 bits per heavy atom. The number of ether oxygens (including phenoxy) is 1. The number of rotatable bonds is 4. The molecule has 4 rings (SSSR count). The highest BCUT2D eigenvalue weighted by molar-refractivity contribution is 9.10. The molecule has 0 amide bonds. The Morgan fingerprint density at radius 1 is 1.13 bits per heavy atom. The Bertz CT molecular complexity index is 1220. The Kier molecular flexibility index (Phi) is 5.67. The third kappa shape index (κ3) is 4.00. The van der Waals surface area contributed by atoms with Crippen LogP contribution in [0.15, 0.2) is 56.2 Å². The summed E-state index contributed by atoms with van der Waals surface area (Å²) >= 11 is 9.49. The first-order valence-corrected chi connectivity index (χ1v) is 11.5. The van der Waals surface area contributed by atoms with Crippen molar-refractivity contribution in [2.45, 2.75) is 4.90 Å². The van der Waals surface area contributed by atoms with Crippen LogP contribution in [-0.4, -0.2) is 50.2 Å². The molecule has 2 aromatic carbocycles. The summed E-state index contributed by atoms with van der Waals surface area (Å²) in [5.41, 5.74) is 1.33. The van der Waals surface area contributed by atoms with Gasteiger partial charge in [0.1, 0.15) is 5.58 Å². The van der Waals surface area contributed by atoms with E-state index in [1.54, 1.807) is 18.2 Å². The summed E-state index contributed by atoms with van der Waals surface area (Å²) in [5.74, 6) is -0.118. The van der Waals surface area contributed by atoms with Gasteiger partial charge in [-0.15, -0.1) is 0 Å². The monoisotopic (exact) mass is 514 g/mol. The van der Waals surface area contributed by atoms with Gasteiger partial charge in [0, 0.05) is 42.7 Å². The zero-order valence-electron chi connectivity index (χ0n) is 15.4. The van der Waals surface area contributed by atoms with Crippen molar-refractivity contribution >= 4 is 60.4 Å². The summed E-state index contributed by atoms with van der Waals surface area (Å²) in [6, 6.07) is 11.3. The largest absolute Gasteiger partial charge is 0.513 e. The van der Waals surface area contributed by atoms with E-state index in [9.17, 15) is 13.2 Å². The van der Waals surface area contributed by atoms with Crippen LogP contribution < -0.4 is 9.64 Å². The average Bonchev–Trinajstić information content (AvgIpc) is 3.11. The fourth-order valence-corrected chi connectivity index (χ4v) is 5.79.